The molecule has 188 valence electrons. The molecule has 0 unspecified atom stereocenters. The van der Waals surface area contributed by atoms with E-state index in [2.05, 4.69) is 4.98 Å². The zero-order valence-corrected chi connectivity index (χ0v) is 22.0. The lowest BCUT2D eigenvalue weighted by molar-refractivity contribution is -0.128. The number of ketones is 1. The summed E-state index contributed by atoms with van der Waals surface area (Å²) >= 11 is 0. The van der Waals surface area contributed by atoms with Crippen molar-refractivity contribution < 1.29 is 19.4 Å². The molecule has 0 radical (unpaired) electrons. The lowest BCUT2D eigenvalue weighted by Gasteiger charge is -2.25. The first-order chi connectivity index (χ1) is 16.3. The molecule has 1 aromatic heterocycles. The monoisotopic (exact) mass is 480 g/mol. The Hall–Kier alpha value is -3.42. The molecule has 1 aromatic carbocycles. The predicted molar refractivity (Wildman–Crippen MR) is 135 cm³/mol. The van der Waals surface area contributed by atoms with Gasteiger partial charge in [-0.25, -0.2) is 4.98 Å². The fourth-order valence-corrected chi connectivity index (χ4v) is 4.35. The van der Waals surface area contributed by atoms with Crippen LogP contribution in [0.4, 0.5) is 0 Å². The number of nitrogens with one attached hydrogen (secondary N) is 1. The number of Topliss-reactive ketones (excluding diaryl/α,β-unsaturated/α-hetero) is 1. The maximum absolute atomic E-state index is 13.4. The molecule has 0 saturated carbocycles. The summed E-state index contributed by atoms with van der Waals surface area (Å²) in [5.74, 6) is 0.751. The zero-order chi connectivity index (χ0) is 26.2. The number of rotatable bonds is 7. The van der Waals surface area contributed by atoms with Crippen molar-refractivity contribution in [1.29, 1.82) is 5.41 Å². The van der Waals surface area contributed by atoms with Crippen molar-refractivity contribution in [2.45, 2.75) is 67.0 Å². The van der Waals surface area contributed by atoms with Crippen LogP contribution in [0.2, 0.25) is 0 Å². The molecule has 0 spiro atoms. The molecule has 0 fully saturated rings. The number of amidine groups is 1. The Morgan fingerprint density at radius 2 is 1.91 bits per heavy atom. The Bertz CT molecular complexity index is 1200. The normalized spacial score (nSPS) is 13.1. The summed E-state index contributed by atoms with van der Waals surface area (Å²) in [6.45, 7) is 14.2. The number of aromatic hydroxyl groups is 1. The number of aryl methyl sites for hydroxylation is 1. The van der Waals surface area contributed by atoms with Gasteiger partial charge in [0.2, 0.25) is 5.91 Å². The smallest absolute Gasteiger partial charge is 0.219 e. The first kappa shape index (κ1) is 26.2. The topological polar surface area (TPSA) is 107 Å². The molecule has 2 heterocycles. The van der Waals surface area contributed by atoms with Crippen molar-refractivity contribution in [3.63, 3.8) is 0 Å². The van der Waals surface area contributed by atoms with Gasteiger partial charge in [-0.1, -0.05) is 20.8 Å². The number of hydrogen-bond acceptors (Lipinski definition) is 6. The number of hydrogen-bond donors (Lipinski definition) is 2. The molecule has 2 N–H and O–H groups in total. The minimum atomic E-state index is -0.408. The number of pyridine rings is 1. The molecule has 8 heteroatoms. The summed E-state index contributed by atoms with van der Waals surface area (Å²) in [4.78, 5) is 33.0. The number of phenolic OH excluding ortho intramolecular Hbond substituents is 1. The average molecular weight is 481 g/mol. The van der Waals surface area contributed by atoms with Gasteiger partial charge in [0.1, 0.15) is 23.0 Å². The van der Waals surface area contributed by atoms with Crippen LogP contribution in [0.25, 0.3) is 0 Å². The van der Waals surface area contributed by atoms with Gasteiger partial charge in [-0.15, -0.1) is 0 Å². The minimum absolute atomic E-state index is 0.00793. The Morgan fingerprint density at radius 3 is 2.49 bits per heavy atom. The largest absolute Gasteiger partial charge is 0.507 e. The Kier molecular flexibility index (Phi) is 7.24. The van der Waals surface area contributed by atoms with Crippen LogP contribution in [0, 0.1) is 19.3 Å². The van der Waals surface area contributed by atoms with E-state index in [4.69, 9.17) is 10.1 Å². The number of aromatic nitrogens is 1. The van der Waals surface area contributed by atoms with E-state index in [1.54, 1.807) is 24.1 Å². The van der Waals surface area contributed by atoms with E-state index in [1.165, 1.54) is 11.8 Å². The Balaban J connectivity index is 1.94. The number of amides is 1. The van der Waals surface area contributed by atoms with Crippen LogP contribution in [0.15, 0.2) is 12.1 Å². The highest BCUT2D eigenvalue weighted by Gasteiger charge is 2.32. The van der Waals surface area contributed by atoms with Crippen LogP contribution in [0.1, 0.15) is 78.6 Å². The van der Waals surface area contributed by atoms with E-state index >= 15 is 0 Å². The fourth-order valence-electron chi connectivity index (χ4n) is 4.35. The quantitative estimate of drug-likeness (QED) is 0.578. The molecule has 0 saturated heterocycles. The maximum Gasteiger partial charge on any atom is 0.219 e. The van der Waals surface area contributed by atoms with Gasteiger partial charge in [-0.3, -0.25) is 15.0 Å². The number of ether oxygens (including phenoxy) is 1. The molecule has 8 nitrogen and oxygen atoms in total. The van der Waals surface area contributed by atoms with Crippen molar-refractivity contribution in [3.05, 3.63) is 51.3 Å². The number of fused-ring (bicyclic) bond motifs is 1. The standard InChI is InChI=1S/C27H36N4O4/c1-9-35-25-15(2)20-13-31(26(28)23(20)29-16(25)3)14-22(33)18-10-19(12-30(8)17(4)32)24(34)21(11-18)27(5,6)7/h10-11,28,34H,9,12-14H2,1-8H3. The third kappa shape index (κ3) is 5.16. The summed E-state index contributed by atoms with van der Waals surface area (Å²) in [6, 6.07) is 3.38. The van der Waals surface area contributed by atoms with Crippen molar-refractivity contribution in [1.82, 2.24) is 14.8 Å². The van der Waals surface area contributed by atoms with Crippen LogP contribution in [-0.4, -0.2) is 57.6 Å². The maximum atomic E-state index is 13.4. The highest BCUT2D eigenvalue weighted by molar-refractivity contribution is 6.04. The molecular weight excluding hydrogens is 444 g/mol. The Labute approximate surface area is 207 Å². The van der Waals surface area contributed by atoms with Gasteiger partial charge in [0.15, 0.2) is 5.78 Å². The highest BCUT2D eigenvalue weighted by Crippen LogP contribution is 2.36. The lowest BCUT2D eigenvalue weighted by Crippen LogP contribution is -2.31. The SMILES string of the molecule is CCOc1c(C)nc2c(c1C)CN(CC(=O)c1cc(CN(C)C(C)=O)c(O)c(C(C)(C)C)c1)C2=N. The summed E-state index contributed by atoms with van der Waals surface area (Å²) in [5, 5.41) is 19.6. The molecule has 1 aliphatic rings. The second-order valence-corrected chi connectivity index (χ2v) is 10.2. The number of carbonyl (C=O) groups excluding carboxylic acids is 2. The van der Waals surface area contributed by atoms with Crippen molar-refractivity contribution >= 4 is 17.5 Å². The summed E-state index contributed by atoms with van der Waals surface area (Å²) in [6.07, 6.45) is 0. The molecule has 35 heavy (non-hydrogen) atoms. The molecule has 0 bridgehead atoms. The van der Waals surface area contributed by atoms with Crippen LogP contribution < -0.4 is 4.74 Å². The minimum Gasteiger partial charge on any atom is -0.507 e. The number of nitrogens with zero attached hydrogens (tertiary/aromatic N) is 3. The third-order valence-electron chi connectivity index (χ3n) is 6.46. The number of carbonyl (C=O) groups is 2. The second kappa shape index (κ2) is 9.68. The zero-order valence-electron chi connectivity index (χ0n) is 22.0. The van der Waals surface area contributed by atoms with Gasteiger partial charge in [0, 0.05) is 54.9 Å². The molecular formula is C27H36N4O4. The fraction of sp³-hybridized carbons (Fsp3) is 0.481. The van der Waals surface area contributed by atoms with Gasteiger partial charge in [0.25, 0.3) is 0 Å². The molecule has 2 aromatic rings. The average Bonchev–Trinajstić information content (AvgIpc) is 3.07. The van der Waals surface area contributed by atoms with Crippen LogP contribution >= 0.6 is 0 Å². The van der Waals surface area contributed by atoms with E-state index in [1.807, 2.05) is 41.5 Å². The lowest BCUT2D eigenvalue weighted by atomic mass is 9.83. The Morgan fingerprint density at radius 1 is 1.26 bits per heavy atom. The van der Waals surface area contributed by atoms with E-state index in [9.17, 15) is 14.7 Å². The first-order valence-corrected chi connectivity index (χ1v) is 11.8. The summed E-state index contributed by atoms with van der Waals surface area (Å²) in [5.41, 5.74) is 4.37. The molecule has 0 aliphatic carbocycles. The number of phenols is 1. The highest BCUT2D eigenvalue weighted by atomic mass is 16.5. The van der Waals surface area contributed by atoms with E-state index < -0.39 is 5.41 Å². The van der Waals surface area contributed by atoms with Crippen LogP contribution in [0.3, 0.4) is 0 Å². The van der Waals surface area contributed by atoms with Crippen molar-refractivity contribution in [2.75, 3.05) is 20.2 Å². The second-order valence-electron chi connectivity index (χ2n) is 10.2. The van der Waals surface area contributed by atoms with Crippen molar-refractivity contribution in [2.24, 2.45) is 0 Å². The summed E-state index contributed by atoms with van der Waals surface area (Å²) < 4.78 is 5.76. The van der Waals surface area contributed by atoms with E-state index in [0.717, 1.165) is 22.6 Å². The van der Waals surface area contributed by atoms with Gasteiger partial charge in [0.05, 0.1) is 18.8 Å². The molecule has 0 atom stereocenters. The van der Waals surface area contributed by atoms with Gasteiger partial charge in [-0.2, -0.15) is 0 Å². The predicted octanol–water partition coefficient (Wildman–Crippen LogP) is 4.10. The third-order valence-corrected chi connectivity index (χ3v) is 6.46. The summed E-state index contributed by atoms with van der Waals surface area (Å²) in [7, 11) is 1.66. The molecule has 3 rings (SSSR count). The van der Waals surface area contributed by atoms with Crippen LogP contribution in [-0.2, 0) is 23.3 Å². The van der Waals surface area contributed by atoms with Crippen LogP contribution in [0.5, 0.6) is 11.5 Å². The number of benzene rings is 1. The molecule has 1 amide bonds. The van der Waals surface area contributed by atoms with Crippen molar-refractivity contribution in [3.8, 4) is 11.5 Å². The van der Waals surface area contributed by atoms with Gasteiger partial charge < -0.3 is 19.6 Å². The van der Waals surface area contributed by atoms with Gasteiger partial charge in [-0.05, 0) is 38.3 Å². The van der Waals surface area contributed by atoms with E-state index in [-0.39, 0.29) is 36.4 Å². The van der Waals surface area contributed by atoms with Gasteiger partial charge >= 0.3 is 0 Å². The molecule has 1 aliphatic heterocycles. The first-order valence-electron chi connectivity index (χ1n) is 11.8. The van der Waals surface area contributed by atoms with E-state index in [0.29, 0.717) is 35.5 Å².